The highest BCUT2D eigenvalue weighted by molar-refractivity contribution is 6.08. The SMILES string of the molecule is C[C@@H](/C=C/CCn1cc(CCO)nn1)[C@]1(O)C(=O)N(C)c2ccc(NC(=O)c3ccc(N)cc3)cc21. The molecule has 0 unspecified atom stereocenters. The van der Waals surface area contributed by atoms with E-state index in [1.165, 1.54) is 4.90 Å². The number of hydrogen-bond acceptors (Lipinski definition) is 7. The number of benzene rings is 2. The zero-order chi connectivity index (χ0) is 25.9. The van der Waals surface area contributed by atoms with Crippen LogP contribution in [-0.4, -0.2) is 50.7 Å². The first-order chi connectivity index (χ1) is 17.2. The van der Waals surface area contributed by atoms with Gasteiger partial charge in [0.25, 0.3) is 11.8 Å². The number of aliphatic hydroxyl groups is 2. The lowest BCUT2D eigenvalue weighted by molar-refractivity contribution is -0.139. The zero-order valence-electron chi connectivity index (χ0n) is 20.3. The molecule has 0 fully saturated rings. The number of aryl methyl sites for hydroxylation is 1. The van der Waals surface area contributed by atoms with Crippen molar-refractivity contribution in [3.8, 4) is 0 Å². The molecule has 5 N–H and O–H groups in total. The second kappa shape index (κ2) is 10.3. The van der Waals surface area contributed by atoms with Gasteiger partial charge in [-0.3, -0.25) is 14.3 Å². The van der Waals surface area contributed by atoms with Crippen LogP contribution in [0.5, 0.6) is 0 Å². The third-order valence-corrected chi connectivity index (χ3v) is 6.39. The molecular weight excluding hydrogens is 460 g/mol. The Balaban J connectivity index is 1.49. The van der Waals surface area contributed by atoms with Crippen LogP contribution in [0.4, 0.5) is 17.1 Å². The second-order valence-electron chi connectivity index (χ2n) is 8.89. The number of nitrogen functional groups attached to an aromatic ring is 1. The maximum absolute atomic E-state index is 13.1. The molecular formula is C26H30N6O4. The van der Waals surface area contributed by atoms with Crippen molar-refractivity contribution in [2.24, 2.45) is 5.92 Å². The molecule has 3 aromatic rings. The maximum Gasteiger partial charge on any atom is 0.264 e. The van der Waals surface area contributed by atoms with Gasteiger partial charge in [0, 0.05) is 61.2 Å². The minimum absolute atomic E-state index is 0.0193. The topological polar surface area (TPSA) is 147 Å². The summed E-state index contributed by atoms with van der Waals surface area (Å²) in [6, 6.07) is 11.6. The van der Waals surface area contributed by atoms with Crippen molar-refractivity contribution in [1.29, 1.82) is 0 Å². The fourth-order valence-corrected chi connectivity index (χ4v) is 4.29. The molecule has 10 heteroatoms. The van der Waals surface area contributed by atoms with Gasteiger partial charge in [0.05, 0.1) is 11.4 Å². The number of amides is 2. The first-order valence-corrected chi connectivity index (χ1v) is 11.7. The molecule has 0 saturated heterocycles. The van der Waals surface area contributed by atoms with Crippen LogP contribution >= 0.6 is 0 Å². The molecule has 0 bridgehead atoms. The fraction of sp³-hybridized carbons (Fsp3) is 0.308. The average molecular weight is 491 g/mol. The van der Waals surface area contributed by atoms with Gasteiger partial charge in [-0.25, -0.2) is 0 Å². The molecule has 2 amide bonds. The number of rotatable bonds is 9. The lowest BCUT2D eigenvalue weighted by Gasteiger charge is -2.27. The highest BCUT2D eigenvalue weighted by Gasteiger charge is 2.51. The van der Waals surface area contributed by atoms with Crippen molar-refractivity contribution in [2.75, 3.05) is 29.6 Å². The van der Waals surface area contributed by atoms with E-state index in [1.807, 2.05) is 12.2 Å². The molecule has 2 heterocycles. The number of hydrogen-bond donors (Lipinski definition) is 4. The summed E-state index contributed by atoms with van der Waals surface area (Å²) in [5.41, 5.74) is 7.14. The van der Waals surface area contributed by atoms with Gasteiger partial charge in [0.2, 0.25) is 0 Å². The first-order valence-electron chi connectivity index (χ1n) is 11.7. The van der Waals surface area contributed by atoms with Crippen molar-refractivity contribution >= 4 is 28.9 Å². The molecule has 4 rings (SSSR count). The monoisotopic (exact) mass is 490 g/mol. The summed E-state index contributed by atoms with van der Waals surface area (Å²) in [7, 11) is 1.62. The Morgan fingerprint density at radius 2 is 2.00 bits per heavy atom. The van der Waals surface area contributed by atoms with Crippen LogP contribution in [0.1, 0.15) is 35.0 Å². The summed E-state index contributed by atoms with van der Waals surface area (Å²) in [6.45, 7) is 2.38. The molecule has 0 aliphatic carbocycles. The number of carbonyl (C=O) groups is 2. The molecule has 0 radical (unpaired) electrons. The normalized spacial score (nSPS) is 18.0. The molecule has 2 aromatic carbocycles. The van der Waals surface area contributed by atoms with E-state index in [0.717, 1.165) is 5.69 Å². The van der Waals surface area contributed by atoms with Crippen LogP contribution in [0.3, 0.4) is 0 Å². The number of likely N-dealkylation sites (N-methyl/N-ethyl adjacent to an activating group) is 1. The third-order valence-electron chi connectivity index (χ3n) is 6.39. The van der Waals surface area contributed by atoms with Crippen molar-refractivity contribution in [3.63, 3.8) is 0 Å². The molecule has 10 nitrogen and oxygen atoms in total. The minimum Gasteiger partial charge on any atom is -0.399 e. The molecule has 1 aromatic heterocycles. The largest absolute Gasteiger partial charge is 0.399 e. The van der Waals surface area contributed by atoms with Crippen molar-refractivity contribution < 1.29 is 19.8 Å². The van der Waals surface area contributed by atoms with Crippen LogP contribution in [0, 0.1) is 5.92 Å². The molecule has 188 valence electrons. The van der Waals surface area contributed by atoms with E-state index in [-0.39, 0.29) is 12.5 Å². The first kappa shape index (κ1) is 25.1. The number of aromatic nitrogens is 3. The second-order valence-corrected chi connectivity index (χ2v) is 8.89. The Hall–Kier alpha value is -4.02. The summed E-state index contributed by atoms with van der Waals surface area (Å²) >= 11 is 0. The van der Waals surface area contributed by atoms with Crippen LogP contribution in [0.25, 0.3) is 0 Å². The van der Waals surface area contributed by atoms with Crippen LogP contribution in [0.2, 0.25) is 0 Å². The van der Waals surface area contributed by atoms with Crippen LogP contribution in [0.15, 0.2) is 60.8 Å². The van der Waals surface area contributed by atoms with E-state index in [9.17, 15) is 14.7 Å². The molecule has 1 aliphatic heterocycles. The van der Waals surface area contributed by atoms with Crippen molar-refractivity contribution in [1.82, 2.24) is 15.0 Å². The predicted octanol–water partition coefficient (Wildman–Crippen LogP) is 2.09. The number of nitrogens with two attached hydrogens (primary N) is 1. The Labute approximate surface area is 209 Å². The Bertz CT molecular complexity index is 1290. The van der Waals surface area contributed by atoms with Crippen LogP contribution in [-0.2, 0) is 23.4 Å². The predicted molar refractivity (Wildman–Crippen MR) is 136 cm³/mol. The highest BCUT2D eigenvalue weighted by atomic mass is 16.3. The lowest BCUT2D eigenvalue weighted by atomic mass is 9.82. The summed E-state index contributed by atoms with van der Waals surface area (Å²) in [5.74, 6) is -1.28. The molecule has 36 heavy (non-hydrogen) atoms. The van der Waals surface area contributed by atoms with Gasteiger partial charge in [-0.2, -0.15) is 0 Å². The number of allylic oxidation sites excluding steroid dienone is 1. The standard InChI is InChI=1S/C26H30N6O4/c1-17(5-3-4-13-32-16-21(12-14-33)29-30-32)26(36)22-15-20(10-11-23(22)31(2)25(26)35)28-24(34)18-6-8-19(27)9-7-18/h3,5-11,15-17,33,36H,4,12-14,27H2,1-2H3,(H,28,34)/b5-3+/t17-,26+/m0/s1. The Morgan fingerprint density at radius 3 is 2.72 bits per heavy atom. The highest BCUT2D eigenvalue weighted by Crippen LogP contribution is 2.45. The van der Waals surface area contributed by atoms with E-state index < -0.39 is 17.4 Å². The van der Waals surface area contributed by atoms with E-state index in [0.29, 0.717) is 47.6 Å². The number of anilines is 3. The third kappa shape index (κ3) is 4.86. The summed E-state index contributed by atoms with van der Waals surface area (Å²) in [4.78, 5) is 27.2. The van der Waals surface area contributed by atoms with Gasteiger partial charge in [-0.05, 0) is 48.9 Å². The summed E-state index contributed by atoms with van der Waals surface area (Å²) in [6.07, 6.45) is 6.57. The number of fused-ring (bicyclic) bond motifs is 1. The van der Waals surface area contributed by atoms with Gasteiger partial charge in [0.1, 0.15) is 0 Å². The number of nitrogens with zero attached hydrogens (tertiary/aromatic N) is 4. The quantitative estimate of drug-likeness (QED) is 0.265. The van der Waals surface area contributed by atoms with Crippen LogP contribution < -0.4 is 16.0 Å². The Kier molecular flexibility index (Phi) is 7.18. The lowest BCUT2D eigenvalue weighted by Crippen LogP contribution is -2.43. The van der Waals surface area contributed by atoms with Gasteiger partial charge in [-0.1, -0.05) is 24.3 Å². The summed E-state index contributed by atoms with van der Waals surface area (Å²) < 4.78 is 1.69. The number of carbonyl (C=O) groups excluding carboxylic acids is 2. The number of nitrogens with one attached hydrogen (secondary N) is 1. The molecule has 0 spiro atoms. The van der Waals surface area contributed by atoms with E-state index in [1.54, 1.807) is 67.3 Å². The van der Waals surface area contributed by atoms with Crippen molar-refractivity contribution in [3.05, 3.63) is 77.6 Å². The smallest absolute Gasteiger partial charge is 0.264 e. The van der Waals surface area contributed by atoms with Gasteiger partial charge >= 0.3 is 0 Å². The van der Waals surface area contributed by atoms with Gasteiger partial charge in [0.15, 0.2) is 5.60 Å². The molecule has 2 atom stereocenters. The zero-order valence-corrected chi connectivity index (χ0v) is 20.3. The minimum atomic E-state index is -1.77. The van der Waals surface area contributed by atoms with E-state index in [2.05, 4.69) is 15.6 Å². The van der Waals surface area contributed by atoms with E-state index in [4.69, 9.17) is 10.8 Å². The van der Waals surface area contributed by atoms with Gasteiger partial charge < -0.3 is 26.2 Å². The summed E-state index contributed by atoms with van der Waals surface area (Å²) in [5, 5.41) is 31.5. The maximum atomic E-state index is 13.1. The molecule has 1 aliphatic rings. The van der Waals surface area contributed by atoms with E-state index >= 15 is 0 Å². The average Bonchev–Trinajstić information content (AvgIpc) is 3.39. The fourth-order valence-electron chi connectivity index (χ4n) is 4.29. The number of aliphatic hydroxyl groups excluding tert-OH is 1. The van der Waals surface area contributed by atoms with Crippen molar-refractivity contribution in [2.45, 2.75) is 31.9 Å². The van der Waals surface area contributed by atoms with Gasteiger partial charge in [-0.15, -0.1) is 5.10 Å². The molecule has 0 saturated carbocycles. The Morgan fingerprint density at radius 1 is 1.25 bits per heavy atom.